The molecule has 0 aliphatic carbocycles. The third kappa shape index (κ3) is 3.48. The fourth-order valence-electron chi connectivity index (χ4n) is 3.30. The molecule has 0 unspecified atom stereocenters. The van der Waals surface area contributed by atoms with Crippen molar-refractivity contribution >= 4 is 23.4 Å². The lowest BCUT2D eigenvalue weighted by Gasteiger charge is -2.17. The van der Waals surface area contributed by atoms with E-state index in [1.807, 2.05) is 48.5 Å². The van der Waals surface area contributed by atoms with Gasteiger partial charge in [0.25, 0.3) is 0 Å². The number of hydrogen-bond acceptors (Lipinski definition) is 4. The third-order valence-corrected chi connectivity index (χ3v) is 4.66. The maximum Gasteiger partial charge on any atom is 0.367 e. The van der Waals surface area contributed by atoms with Crippen LogP contribution in [-0.4, -0.2) is 24.8 Å². The highest BCUT2D eigenvalue weighted by Crippen LogP contribution is 2.23. The molecule has 25 heavy (non-hydrogen) atoms. The summed E-state index contributed by atoms with van der Waals surface area (Å²) in [6.45, 7) is 2.25. The minimum atomic E-state index is -0.380. The molecule has 0 bridgehead atoms. The van der Waals surface area contributed by atoms with Gasteiger partial charge in [-0.05, 0) is 42.2 Å². The van der Waals surface area contributed by atoms with Crippen molar-refractivity contribution in [2.24, 2.45) is 5.16 Å². The summed E-state index contributed by atoms with van der Waals surface area (Å²) in [4.78, 5) is 19.3. The van der Waals surface area contributed by atoms with E-state index in [4.69, 9.17) is 4.84 Å². The zero-order chi connectivity index (χ0) is 17.1. The van der Waals surface area contributed by atoms with Gasteiger partial charge in [-0.2, -0.15) is 0 Å². The molecule has 0 saturated carbocycles. The topological polar surface area (TPSA) is 41.9 Å². The van der Waals surface area contributed by atoms with Gasteiger partial charge in [0.15, 0.2) is 0 Å². The van der Waals surface area contributed by atoms with Gasteiger partial charge < -0.3 is 9.74 Å². The largest absolute Gasteiger partial charge is 0.372 e. The number of carbonyl (C=O) groups is 1. The third-order valence-electron chi connectivity index (χ3n) is 4.66. The molecule has 0 N–H and O–H groups in total. The molecule has 4 heteroatoms. The van der Waals surface area contributed by atoms with E-state index in [0.717, 1.165) is 24.2 Å². The van der Waals surface area contributed by atoms with Gasteiger partial charge in [0.2, 0.25) is 0 Å². The fraction of sp³-hybridized carbons (Fsp3) is 0.238. The van der Waals surface area contributed by atoms with Crippen LogP contribution in [0.2, 0.25) is 0 Å². The van der Waals surface area contributed by atoms with Gasteiger partial charge in [-0.3, -0.25) is 0 Å². The van der Waals surface area contributed by atoms with Crippen molar-refractivity contribution in [1.29, 1.82) is 0 Å². The highest BCUT2D eigenvalue weighted by atomic mass is 16.7. The van der Waals surface area contributed by atoms with E-state index >= 15 is 0 Å². The lowest BCUT2D eigenvalue weighted by molar-refractivity contribution is -0.136. The molecule has 4 rings (SSSR count). The summed E-state index contributed by atoms with van der Waals surface area (Å²) in [6, 6.07) is 18.3. The van der Waals surface area contributed by atoms with Crippen molar-refractivity contribution in [2.75, 3.05) is 18.0 Å². The van der Waals surface area contributed by atoms with Crippen molar-refractivity contribution < 1.29 is 9.63 Å². The summed E-state index contributed by atoms with van der Waals surface area (Å²) in [6.07, 6.45) is 4.98. The SMILES string of the molecule is O=C1ON=C(Cc2ccccc2)C1=Cc1ccc(N2CCCC2)cc1. The number of benzene rings is 2. The first kappa shape index (κ1) is 15.6. The molecular formula is C21H20N2O2. The molecule has 4 nitrogen and oxygen atoms in total. The van der Waals surface area contributed by atoms with E-state index in [2.05, 4.69) is 22.2 Å². The van der Waals surface area contributed by atoms with Crippen molar-refractivity contribution in [2.45, 2.75) is 19.3 Å². The fourth-order valence-corrected chi connectivity index (χ4v) is 3.30. The van der Waals surface area contributed by atoms with Gasteiger partial charge in [0.1, 0.15) is 0 Å². The quantitative estimate of drug-likeness (QED) is 0.631. The van der Waals surface area contributed by atoms with Crippen molar-refractivity contribution in [3.05, 3.63) is 71.3 Å². The highest BCUT2D eigenvalue weighted by Gasteiger charge is 2.25. The Kier molecular flexibility index (Phi) is 4.34. The second-order valence-corrected chi connectivity index (χ2v) is 6.42. The summed E-state index contributed by atoms with van der Waals surface area (Å²) >= 11 is 0. The number of hydrogen-bond donors (Lipinski definition) is 0. The molecule has 2 aromatic carbocycles. The number of anilines is 1. The van der Waals surface area contributed by atoms with Gasteiger partial charge >= 0.3 is 5.97 Å². The zero-order valence-corrected chi connectivity index (χ0v) is 14.0. The van der Waals surface area contributed by atoms with E-state index in [-0.39, 0.29) is 5.97 Å². The van der Waals surface area contributed by atoms with Crippen LogP contribution in [0.3, 0.4) is 0 Å². The van der Waals surface area contributed by atoms with Gasteiger partial charge in [0, 0.05) is 25.2 Å². The number of carbonyl (C=O) groups excluding carboxylic acids is 1. The summed E-state index contributed by atoms with van der Waals surface area (Å²) in [7, 11) is 0. The van der Waals surface area contributed by atoms with Crippen LogP contribution in [0.15, 0.2) is 65.3 Å². The monoisotopic (exact) mass is 332 g/mol. The molecule has 0 atom stereocenters. The van der Waals surface area contributed by atoms with E-state index < -0.39 is 0 Å². The second kappa shape index (κ2) is 6.93. The smallest absolute Gasteiger partial charge is 0.367 e. The van der Waals surface area contributed by atoms with Crippen molar-refractivity contribution in [3.8, 4) is 0 Å². The number of rotatable bonds is 4. The molecule has 126 valence electrons. The zero-order valence-electron chi connectivity index (χ0n) is 14.0. The average molecular weight is 332 g/mol. The van der Waals surface area contributed by atoms with Crippen molar-refractivity contribution in [3.63, 3.8) is 0 Å². The summed E-state index contributed by atoms with van der Waals surface area (Å²) in [5, 5.41) is 3.96. The predicted molar refractivity (Wildman–Crippen MR) is 99.5 cm³/mol. The van der Waals surface area contributed by atoms with Crippen molar-refractivity contribution in [1.82, 2.24) is 0 Å². The van der Waals surface area contributed by atoms with Crippen LogP contribution in [0.25, 0.3) is 6.08 Å². The number of oxime groups is 1. The maximum atomic E-state index is 12.0. The maximum absolute atomic E-state index is 12.0. The first-order chi connectivity index (χ1) is 12.3. The first-order valence-corrected chi connectivity index (χ1v) is 8.69. The molecular weight excluding hydrogens is 312 g/mol. The molecule has 1 saturated heterocycles. The lowest BCUT2D eigenvalue weighted by atomic mass is 10.0. The average Bonchev–Trinajstić information content (AvgIpc) is 3.29. The van der Waals surface area contributed by atoms with Crippen LogP contribution in [0.4, 0.5) is 5.69 Å². The number of nitrogens with zero attached hydrogens (tertiary/aromatic N) is 2. The molecule has 2 aromatic rings. The molecule has 0 aromatic heterocycles. The first-order valence-electron chi connectivity index (χ1n) is 8.69. The molecule has 0 amide bonds. The summed E-state index contributed by atoms with van der Waals surface area (Å²) < 4.78 is 0. The van der Waals surface area contributed by atoms with Crippen LogP contribution >= 0.6 is 0 Å². The van der Waals surface area contributed by atoms with Crippen LogP contribution in [0, 0.1) is 0 Å². The van der Waals surface area contributed by atoms with Crippen LogP contribution in [0.5, 0.6) is 0 Å². The Bertz CT molecular complexity index is 817. The van der Waals surface area contributed by atoms with E-state index in [1.165, 1.54) is 18.5 Å². The Morgan fingerprint density at radius 3 is 2.44 bits per heavy atom. The molecule has 2 aliphatic rings. The van der Waals surface area contributed by atoms with Crippen LogP contribution in [-0.2, 0) is 16.1 Å². The lowest BCUT2D eigenvalue weighted by Crippen LogP contribution is -2.17. The van der Waals surface area contributed by atoms with E-state index in [9.17, 15) is 4.79 Å². The predicted octanol–water partition coefficient (Wildman–Crippen LogP) is 3.83. The Balaban J connectivity index is 1.54. The van der Waals surface area contributed by atoms with Gasteiger partial charge in [-0.1, -0.05) is 47.6 Å². The Morgan fingerprint density at radius 2 is 1.72 bits per heavy atom. The van der Waals surface area contributed by atoms with Gasteiger partial charge in [0.05, 0.1) is 11.3 Å². The Morgan fingerprint density at radius 1 is 1.00 bits per heavy atom. The minimum Gasteiger partial charge on any atom is -0.372 e. The highest BCUT2D eigenvalue weighted by molar-refractivity contribution is 6.25. The molecule has 0 radical (unpaired) electrons. The van der Waals surface area contributed by atoms with Gasteiger partial charge in [-0.15, -0.1) is 0 Å². The molecule has 0 spiro atoms. The minimum absolute atomic E-state index is 0.380. The summed E-state index contributed by atoms with van der Waals surface area (Å²) in [5.41, 5.74) is 4.55. The molecule has 2 aliphatic heterocycles. The summed E-state index contributed by atoms with van der Waals surface area (Å²) in [5.74, 6) is -0.380. The molecule has 1 fully saturated rings. The standard InChI is InChI=1S/C21H20N2O2/c24-21-19(20(22-25-21)15-16-6-2-1-3-7-16)14-17-8-10-18(11-9-17)23-12-4-5-13-23/h1-3,6-11,14H,4-5,12-13,15H2. The van der Waals surface area contributed by atoms with Crippen LogP contribution in [0.1, 0.15) is 24.0 Å². The van der Waals surface area contributed by atoms with E-state index in [0.29, 0.717) is 17.7 Å². The Hall–Kier alpha value is -2.88. The Labute approximate surface area is 147 Å². The normalized spacial score (nSPS) is 18.6. The van der Waals surface area contributed by atoms with Gasteiger partial charge in [-0.25, -0.2) is 4.79 Å². The second-order valence-electron chi connectivity index (χ2n) is 6.42. The molecule has 2 heterocycles. The van der Waals surface area contributed by atoms with E-state index in [1.54, 1.807) is 0 Å². The van der Waals surface area contributed by atoms with Crippen LogP contribution < -0.4 is 4.90 Å².